The van der Waals surface area contributed by atoms with Crippen molar-refractivity contribution in [3.05, 3.63) is 21.7 Å². The minimum Gasteiger partial charge on any atom is -0.384 e. The molecule has 0 aliphatic rings. The summed E-state index contributed by atoms with van der Waals surface area (Å²) in [5, 5.41) is 0.916. The Morgan fingerprint density at radius 1 is 1.25 bits per heavy atom. The van der Waals surface area contributed by atoms with E-state index in [1.54, 1.807) is 7.11 Å². The van der Waals surface area contributed by atoms with Crippen molar-refractivity contribution in [2.24, 2.45) is 0 Å². The fourth-order valence-electron chi connectivity index (χ4n) is 1.45. The first-order chi connectivity index (χ1) is 7.60. The molecule has 0 aliphatic heterocycles. The molecule has 0 spiro atoms. The molecular weight excluding hydrogens is 247 g/mol. The molecule has 0 saturated heterocycles. The van der Waals surface area contributed by atoms with Crippen molar-refractivity contribution in [3.8, 4) is 0 Å². The summed E-state index contributed by atoms with van der Waals surface area (Å²) in [6.45, 7) is 4.60. The third-order valence-electron chi connectivity index (χ3n) is 2.28. The van der Waals surface area contributed by atoms with E-state index in [-0.39, 0.29) is 5.92 Å². The minimum absolute atomic E-state index is 0.0932. The Bertz CT molecular complexity index is 335. The van der Waals surface area contributed by atoms with Crippen LogP contribution in [-0.2, 0) is 11.2 Å². The Kier molecular flexibility index (Phi) is 5.46. The fraction of sp³-hybridized carbons (Fsp3) is 0.636. The Labute approximate surface area is 106 Å². The van der Waals surface area contributed by atoms with Crippen LogP contribution in [0.4, 0.5) is 0 Å². The lowest BCUT2D eigenvalue weighted by Gasteiger charge is -2.11. The highest BCUT2D eigenvalue weighted by Crippen LogP contribution is 2.25. The van der Waals surface area contributed by atoms with E-state index in [9.17, 15) is 0 Å². The molecule has 0 fully saturated rings. The molecule has 0 N–H and O–H groups in total. The van der Waals surface area contributed by atoms with E-state index in [0.717, 1.165) is 18.4 Å². The van der Waals surface area contributed by atoms with Gasteiger partial charge in [0.15, 0.2) is 0 Å². The number of hydrogen-bond donors (Lipinski definition) is 0. The number of rotatable bonds is 5. The first-order valence-electron chi connectivity index (χ1n) is 5.30. The topological polar surface area (TPSA) is 35.0 Å². The lowest BCUT2D eigenvalue weighted by atomic mass is 10.1. The molecule has 1 aromatic rings. The van der Waals surface area contributed by atoms with Crippen LogP contribution in [0, 0.1) is 0 Å². The Morgan fingerprint density at radius 3 is 2.25 bits per heavy atom. The van der Waals surface area contributed by atoms with Crippen molar-refractivity contribution in [1.82, 2.24) is 9.97 Å². The predicted molar refractivity (Wildman–Crippen MR) is 66.3 cm³/mol. The maximum absolute atomic E-state index is 6.08. The van der Waals surface area contributed by atoms with E-state index in [1.807, 2.05) is 6.92 Å². The quantitative estimate of drug-likeness (QED) is 0.763. The molecular formula is C11H16Cl2N2O. The highest BCUT2D eigenvalue weighted by Gasteiger charge is 2.15. The van der Waals surface area contributed by atoms with E-state index in [4.69, 9.17) is 27.9 Å². The summed E-state index contributed by atoms with van der Waals surface area (Å²) < 4.78 is 5.05. The third-order valence-corrected chi connectivity index (χ3v) is 2.91. The van der Waals surface area contributed by atoms with Gasteiger partial charge in [-0.2, -0.15) is 0 Å². The van der Waals surface area contributed by atoms with Gasteiger partial charge in [0.1, 0.15) is 16.1 Å². The van der Waals surface area contributed by atoms with Gasteiger partial charge in [-0.25, -0.2) is 9.97 Å². The van der Waals surface area contributed by atoms with Gasteiger partial charge in [0.2, 0.25) is 0 Å². The van der Waals surface area contributed by atoms with Gasteiger partial charge in [0, 0.05) is 18.6 Å². The zero-order valence-corrected chi connectivity index (χ0v) is 11.3. The van der Waals surface area contributed by atoms with Gasteiger partial charge in [-0.05, 0) is 6.42 Å². The van der Waals surface area contributed by atoms with Crippen LogP contribution in [0.3, 0.4) is 0 Å². The second-order valence-corrected chi connectivity index (χ2v) is 4.46. The van der Waals surface area contributed by atoms with Gasteiger partial charge in [0.25, 0.3) is 0 Å². The second kappa shape index (κ2) is 6.38. The van der Waals surface area contributed by atoms with Crippen molar-refractivity contribution in [3.63, 3.8) is 0 Å². The van der Waals surface area contributed by atoms with E-state index < -0.39 is 0 Å². The average Bonchev–Trinajstić information content (AvgIpc) is 2.23. The van der Waals surface area contributed by atoms with Gasteiger partial charge in [-0.1, -0.05) is 43.5 Å². The number of nitrogens with zero attached hydrogens (tertiary/aromatic N) is 2. The van der Waals surface area contributed by atoms with Gasteiger partial charge < -0.3 is 4.74 Å². The van der Waals surface area contributed by atoms with Gasteiger partial charge in [-0.3, -0.25) is 0 Å². The summed E-state index contributed by atoms with van der Waals surface area (Å²) in [7, 11) is 1.64. The van der Waals surface area contributed by atoms with Crippen LogP contribution < -0.4 is 0 Å². The standard InChI is InChI=1S/C11H16Cl2N2O/c1-4-5-8-9(12)14-11(15-10(8)13)7(2)6-16-3/h7H,4-6H2,1-3H3. The second-order valence-electron chi connectivity index (χ2n) is 3.75. The summed E-state index contributed by atoms with van der Waals surface area (Å²) >= 11 is 12.2. The Balaban J connectivity index is 2.99. The molecule has 0 aliphatic carbocycles. The van der Waals surface area contributed by atoms with Crippen molar-refractivity contribution in [2.75, 3.05) is 13.7 Å². The summed E-state index contributed by atoms with van der Waals surface area (Å²) in [4.78, 5) is 8.52. The van der Waals surface area contributed by atoms with Crippen LogP contribution in [0.2, 0.25) is 10.3 Å². The van der Waals surface area contributed by atoms with Crippen LogP contribution in [0.5, 0.6) is 0 Å². The van der Waals surface area contributed by atoms with Crippen molar-refractivity contribution < 1.29 is 4.74 Å². The normalized spacial score (nSPS) is 12.8. The van der Waals surface area contributed by atoms with Crippen molar-refractivity contribution in [1.29, 1.82) is 0 Å². The third kappa shape index (κ3) is 3.30. The number of ether oxygens (including phenoxy) is 1. The van der Waals surface area contributed by atoms with Crippen molar-refractivity contribution in [2.45, 2.75) is 32.6 Å². The highest BCUT2D eigenvalue weighted by molar-refractivity contribution is 6.34. The Morgan fingerprint density at radius 2 is 1.81 bits per heavy atom. The zero-order valence-electron chi connectivity index (χ0n) is 9.76. The molecule has 0 amide bonds. The molecule has 90 valence electrons. The first-order valence-corrected chi connectivity index (χ1v) is 6.06. The molecule has 1 unspecified atom stereocenters. The highest BCUT2D eigenvalue weighted by atomic mass is 35.5. The molecule has 0 bridgehead atoms. The average molecular weight is 263 g/mol. The van der Waals surface area contributed by atoms with Crippen LogP contribution in [0.15, 0.2) is 0 Å². The molecule has 1 atom stereocenters. The fourth-order valence-corrected chi connectivity index (χ4v) is 2.04. The monoisotopic (exact) mass is 262 g/mol. The van der Waals surface area contributed by atoms with Crippen LogP contribution >= 0.6 is 23.2 Å². The summed E-state index contributed by atoms with van der Waals surface area (Å²) in [6, 6.07) is 0. The number of methoxy groups -OCH3 is 1. The molecule has 0 radical (unpaired) electrons. The zero-order chi connectivity index (χ0) is 12.1. The molecule has 16 heavy (non-hydrogen) atoms. The molecule has 5 heteroatoms. The van der Waals surface area contributed by atoms with E-state index in [0.29, 0.717) is 22.7 Å². The summed E-state index contributed by atoms with van der Waals surface area (Å²) in [5.41, 5.74) is 0.833. The van der Waals surface area contributed by atoms with Crippen LogP contribution in [0.1, 0.15) is 37.6 Å². The molecule has 3 nitrogen and oxygen atoms in total. The van der Waals surface area contributed by atoms with E-state index in [1.165, 1.54) is 0 Å². The summed E-state index contributed by atoms with van der Waals surface area (Å²) in [6.07, 6.45) is 1.77. The molecule has 1 aromatic heterocycles. The van der Waals surface area contributed by atoms with Crippen molar-refractivity contribution >= 4 is 23.2 Å². The predicted octanol–water partition coefficient (Wildman–Crippen LogP) is 3.49. The van der Waals surface area contributed by atoms with Crippen LogP contribution in [-0.4, -0.2) is 23.7 Å². The number of halogens is 2. The number of hydrogen-bond acceptors (Lipinski definition) is 3. The first kappa shape index (κ1) is 13.7. The number of aromatic nitrogens is 2. The van der Waals surface area contributed by atoms with E-state index >= 15 is 0 Å². The van der Waals surface area contributed by atoms with Crippen LogP contribution in [0.25, 0.3) is 0 Å². The lowest BCUT2D eigenvalue weighted by Crippen LogP contribution is -2.09. The minimum atomic E-state index is 0.0932. The molecule has 0 aromatic carbocycles. The Hall–Kier alpha value is -0.380. The van der Waals surface area contributed by atoms with E-state index in [2.05, 4.69) is 16.9 Å². The van der Waals surface area contributed by atoms with Gasteiger partial charge >= 0.3 is 0 Å². The summed E-state index contributed by atoms with van der Waals surface area (Å²) in [5.74, 6) is 0.729. The van der Waals surface area contributed by atoms with Gasteiger partial charge in [-0.15, -0.1) is 0 Å². The smallest absolute Gasteiger partial charge is 0.137 e. The molecule has 0 saturated carbocycles. The lowest BCUT2D eigenvalue weighted by molar-refractivity contribution is 0.181. The molecule has 1 rings (SSSR count). The maximum atomic E-state index is 6.08. The maximum Gasteiger partial charge on any atom is 0.137 e. The molecule has 1 heterocycles. The van der Waals surface area contributed by atoms with Gasteiger partial charge in [0.05, 0.1) is 6.61 Å². The largest absolute Gasteiger partial charge is 0.384 e. The SMILES string of the molecule is CCCc1c(Cl)nc(C(C)COC)nc1Cl.